The van der Waals surface area contributed by atoms with Crippen LogP contribution in [0, 0.1) is 18.8 Å². The topological polar surface area (TPSA) is 66.4 Å². The van der Waals surface area contributed by atoms with E-state index >= 15 is 0 Å². The molecule has 4 unspecified atom stereocenters. The van der Waals surface area contributed by atoms with Crippen LogP contribution < -0.4 is 5.32 Å². The summed E-state index contributed by atoms with van der Waals surface area (Å²) in [5, 5.41) is 11.8. The maximum atomic E-state index is 13.0. The molecule has 0 radical (unpaired) electrons. The van der Waals surface area contributed by atoms with E-state index in [1.165, 1.54) is 0 Å². The Kier molecular flexibility index (Phi) is 4.96. The third-order valence-corrected chi connectivity index (χ3v) is 9.03. The van der Waals surface area contributed by atoms with Crippen molar-refractivity contribution in [1.29, 1.82) is 0 Å². The van der Waals surface area contributed by atoms with Crippen LogP contribution in [0.15, 0.2) is 34.3 Å². The van der Waals surface area contributed by atoms with Crippen LogP contribution in [0.1, 0.15) is 5.56 Å². The first-order valence-electron chi connectivity index (χ1n) is 7.33. The number of fused-ring (bicyclic) bond motifs is 2. The zero-order valence-corrected chi connectivity index (χ0v) is 17.5. The van der Waals surface area contributed by atoms with E-state index in [1.54, 1.807) is 18.2 Å². The average molecular weight is 478 g/mol. The van der Waals surface area contributed by atoms with Crippen molar-refractivity contribution >= 4 is 87.2 Å². The highest BCUT2D eigenvalue weighted by molar-refractivity contribution is 6.66. The molecule has 0 saturated heterocycles. The predicted octanol–water partition coefficient (Wildman–Crippen LogP) is 5.10. The number of anilines is 1. The van der Waals surface area contributed by atoms with Crippen molar-refractivity contribution in [3.8, 4) is 0 Å². The summed E-state index contributed by atoms with van der Waals surface area (Å²) in [6, 6.07) is 6.92. The van der Waals surface area contributed by atoms with Gasteiger partial charge >= 0.3 is 5.97 Å². The smallest absolute Gasteiger partial charge is 0.309 e. The van der Waals surface area contributed by atoms with E-state index in [0.717, 1.165) is 5.56 Å². The molecule has 1 aromatic rings. The quantitative estimate of drug-likeness (QED) is 0.595. The second kappa shape index (κ2) is 6.33. The lowest BCUT2D eigenvalue weighted by atomic mass is 9.81. The standard InChI is InChI=1S/C16H11Cl6NO3/c1-6-3-2-4-7(5-6)23-12(24)8-9(13(25)26)15(20)11(18)10(17)14(8,19)16(15,21)22/h2-5,8-9H,1H3,(H,23,24)(H,25,26). The van der Waals surface area contributed by atoms with Gasteiger partial charge < -0.3 is 10.4 Å². The maximum Gasteiger partial charge on any atom is 0.309 e. The van der Waals surface area contributed by atoms with Crippen molar-refractivity contribution < 1.29 is 14.7 Å². The second-order valence-corrected chi connectivity index (χ2v) is 9.55. The van der Waals surface area contributed by atoms with E-state index < -0.39 is 37.8 Å². The fraction of sp³-hybridized carbons (Fsp3) is 0.375. The molecule has 0 heterocycles. The first kappa shape index (κ1) is 20.4. The van der Waals surface area contributed by atoms with Gasteiger partial charge in [-0.05, 0) is 24.6 Å². The molecule has 0 spiro atoms. The zero-order chi connectivity index (χ0) is 19.7. The molecule has 2 aliphatic carbocycles. The lowest BCUT2D eigenvalue weighted by Gasteiger charge is -2.33. The molecule has 4 atom stereocenters. The summed E-state index contributed by atoms with van der Waals surface area (Å²) < 4.78 is -2.12. The number of carboxylic acids is 1. The third kappa shape index (κ3) is 2.36. The molecule has 1 saturated carbocycles. The molecule has 140 valence electrons. The summed E-state index contributed by atoms with van der Waals surface area (Å²) in [6.45, 7) is 1.84. The van der Waals surface area contributed by atoms with Crippen LogP contribution in [-0.4, -0.2) is 31.1 Å². The number of benzene rings is 1. The van der Waals surface area contributed by atoms with Crippen molar-refractivity contribution in [2.75, 3.05) is 5.32 Å². The predicted molar refractivity (Wildman–Crippen MR) is 105 cm³/mol. The van der Waals surface area contributed by atoms with E-state index in [2.05, 4.69) is 5.32 Å². The summed E-state index contributed by atoms with van der Waals surface area (Å²) in [7, 11) is 0. The average Bonchev–Trinajstić information content (AvgIpc) is 2.74. The Labute approximate surface area is 179 Å². The monoisotopic (exact) mass is 475 g/mol. The van der Waals surface area contributed by atoms with E-state index in [9.17, 15) is 14.7 Å². The maximum absolute atomic E-state index is 13.0. The minimum Gasteiger partial charge on any atom is -0.481 e. The van der Waals surface area contributed by atoms with Gasteiger partial charge in [0.05, 0.1) is 21.9 Å². The first-order valence-corrected chi connectivity index (χ1v) is 9.59. The fourth-order valence-electron chi connectivity index (χ4n) is 3.57. The minimum atomic E-state index is -2.12. The summed E-state index contributed by atoms with van der Waals surface area (Å²) in [5.74, 6) is -5.19. The molecule has 0 aromatic heterocycles. The Morgan fingerprint density at radius 3 is 2.08 bits per heavy atom. The van der Waals surface area contributed by atoms with Gasteiger partial charge in [0.15, 0.2) is 4.33 Å². The number of amides is 1. The van der Waals surface area contributed by atoms with Crippen molar-refractivity contribution in [1.82, 2.24) is 0 Å². The van der Waals surface area contributed by atoms with E-state index in [0.29, 0.717) is 5.69 Å². The normalized spacial score (nSPS) is 34.9. The van der Waals surface area contributed by atoms with Crippen molar-refractivity contribution in [3.05, 3.63) is 39.9 Å². The zero-order valence-electron chi connectivity index (χ0n) is 13.0. The molecule has 0 aliphatic heterocycles. The number of carbonyl (C=O) groups is 2. The molecular formula is C16H11Cl6NO3. The number of aryl methyl sites for hydroxylation is 1. The van der Waals surface area contributed by atoms with Crippen LogP contribution in [0.2, 0.25) is 0 Å². The van der Waals surface area contributed by atoms with Crippen LogP contribution in [0.3, 0.4) is 0 Å². The van der Waals surface area contributed by atoms with Crippen molar-refractivity contribution in [2.24, 2.45) is 11.8 Å². The van der Waals surface area contributed by atoms with Gasteiger partial charge in [0.25, 0.3) is 0 Å². The second-order valence-electron chi connectivity index (χ2n) is 6.28. The lowest BCUT2D eigenvalue weighted by Crippen LogP contribution is -2.47. The third-order valence-electron chi connectivity index (χ3n) is 4.77. The number of aliphatic carboxylic acids is 1. The van der Waals surface area contributed by atoms with Crippen LogP contribution in [0.25, 0.3) is 0 Å². The molecule has 10 heteroatoms. The summed E-state index contributed by atoms with van der Waals surface area (Å²) >= 11 is 38.1. The molecule has 2 N–H and O–H groups in total. The number of carboxylic acid groups (broad SMARTS) is 1. The Balaban J connectivity index is 2.11. The Morgan fingerprint density at radius 1 is 1.04 bits per heavy atom. The van der Waals surface area contributed by atoms with Crippen LogP contribution in [0.4, 0.5) is 5.69 Å². The minimum absolute atomic E-state index is 0.234. The number of hydrogen-bond donors (Lipinski definition) is 2. The molecule has 1 amide bonds. The number of hydrogen-bond acceptors (Lipinski definition) is 2. The van der Waals surface area contributed by atoms with Crippen LogP contribution in [0.5, 0.6) is 0 Å². The SMILES string of the molecule is Cc1cccc(NC(=O)C2C(C(=O)O)C3(Cl)C(Cl)=C(Cl)C2(Cl)C3(Cl)Cl)c1. The number of halogens is 6. The molecular weight excluding hydrogens is 467 g/mol. The largest absolute Gasteiger partial charge is 0.481 e. The summed E-state index contributed by atoms with van der Waals surface area (Å²) in [6.07, 6.45) is 0. The lowest BCUT2D eigenvalue weighted by molar-refractivity contribution is -0.146. The van der Waals surface area contributed by atoms with Gasteiger partial charge in [-0.3, -0.25) is 9.59 Å². The Bertz CT molecular complexity index is 856. The molecule has 4 nitrogen and oxygen atoms in total. The van der Waals surface area contributed by atoms with Gasteiger partial charge in [-0.2, -0.15) is 0 Å². The number of allylic oxidation sites excluding steroid dienone is 2. The van der Waals surface area contributed by atoms with Crippen LogP contribution >= 0.6 is 69.6 Å². The van der Waals surface area contributed by atoms with Gasteiger partial charge in [-0.1, -0.05) is 58.5 Å². The van der Waals surface area contributed by atoms with Gasteiger partial charge in [0.2, 0.25) is 5.91 Å². The van der Waals surface area contributed by atoms with Gasteiger partial charge in [-0.25, -0.2) is 0 Å². The van der Waals surface area contributed by atoms with E-state index in [-0.39, 0.29) is 10.1 Å². The fourth-order valence-corrected chi connectivity index (χ4v) is 6.51. The molecule has 1 fully saturated rings. The van der Waals surface area contributed by atoms with Crippen molar-refractivity contribution in [3.63, 3.8) is 0 Å². The highest BCUT2D eigenvalue weighted by atomic mass is 35.5. The molecule has 26 heavy (non-hydrogen) atoms. The van der Waals surface area contributed by atoms with E-state index in [4.69, 9.17) is 69.6 Å². The number of rotatable bonds is 3. The van der Waals surface area contributed by atoms with Crippen molar-refractivity contribution in [2.45, 2.75) is 21.0 Å². The molecule has 1 aromatic carbocycles. The van der Waals surface area contributed by atoms with Gasteiger partial charge in [0, 0.05) is 5.69 Å². The number of carbonyl (C=O) groups excluding carboxylic acids is 1. The molecule has 2 bridgehead atoms. The number of nitrogens with one attached hydrogen (secondary N) is 1. The van der Waals surface area contributed by atoms with Crippen LogP contribution in [-0.2, 0) is 9.59 Å². The summed E-state index contributed by atoms with van der Waals surface area (Å²) in [4.78, 5) is 20.9. The highest BCUT2D eigenvalue weighted by Crippen LogP contribution is 2.76. The molecule has 2 aliphatic rings. The van der Waals surface area contributed by atoms with E-state index in [1.807, 2.05) is 13.0 Å². The summed E-state index contributed by atoms with van der Waals surface area (Å²) in [5.41, 5.74) is 1.34. The highest BCUT2D eigenvalue weighted by Gasteiger charge is 2.85. The Morgan fingerprint density at radius 2 is 1.58 bits per heavy atom. The van der Waals surface area contributed by atoms with Gasteiger partial charge in [0.1, 0.15) is 9.75 Å². The first-order chi connectivity index (χ1) is 11.9. The molecule has 3 rings (SSSR count). The van der Waals surface area contributed by atoms with Gasteiger partial charge in [-0.15, -0.1) is 23.2 Å². The Hall–Kier alpha value is -0.360. The number of alkyl halides is 4.